The summed E-state index contributed by atoms with van der Waals surface area (Å²) in [5, 5.41) is 10.2. The Morgan fingerprint density at radius 3 is 2.57 bits per heavy atom. The molecule has 0 amide bonds. The standard InChI is InChI=1S/C11H12FIO/c12-10-4-3-8(13)7-9(10)11(14)5-1-2-6-11/h3-4,7,14H,1-2,5-6H2. The van der Waals surface area contributed by atoms with E-state index in [1.54, 1.807) is 12.1 Å². The number of halogens is 2. The summed E-state index contributed by atoms with van der Waals surface area (Å²) < 4.78 is 14.5. The largest absolute Gasteiger partial charge is 0.385 e. The van der Waals surface area contributed by atoms with E-state index < -0.39 is 5.60 Å². The van der Waals surface area contributed by atoms with Crippen LogP contribution in [0.2, 0.25) is 0 Å². The van der Waals surface area contributed by atoms with Gasteiger partial charge in [0.2, 0.25) is 0 Å². The molecule has 14 heavy (non-hydrogen) atoms. The number of aliphatic hydroxyl groups is 1. The fraction of sp³-hybridized carbons (Fsp3) is 0.455. The average Bonchev–Trinajstić information content (AvgIpc) is 2.58. The van der Waals surface area contributed by atoms with Crippen molar-refractivity contribution in [3.05, 3.63) is 33.1 Å². The van der Waals surface area contributed by atoms with Gasteiger partial charge in [0.15, 0.2) is 0 Å². The minimum atomic E-state index is -0.911. The molecule has 0 aliphatic heterocycles. The summed E-state index contributed by atoms with van der Waals surface area (Å²) in [5.74, 6) is -0.283. The first kappa shape index (κ1) is 10.4. The van der Waals surface area contributed by atoms with Crippen LogP contribution in [-0.4, -0.2) is 5.11 Å². The van der Waals surface area contributed by atoms with Crippen LogP contribution in [0.15, 0.2) is 18.2 Å². The molecule has 76 valence electrons. The second-order valence-electron chi connectivity index (χ2n) is 3.86. The zero-order valence-corrected chi connectivity index (χ0v) is 9.92. The van der Waals surface area contributed by atoms with Gasteiger partial charge in [-0.2, -0.15) is 0 Å². The van der Waals surface area contributed by atoms with E-state index in [1.165, 1.54) is 6.07 Å². The summed E-state index contributed by atoms with van der Waals surface area (Å²) in [6.45, 7) is 0. The fourth-order valence-corrected chi connectivity index (χ4v) is 2.57. The molecule has 1 nitrogen and oxygen atoms in total. The van der Waals surface area contributed by atoms with Gasteiger partial charge in [0.1, 0.15) is 5.82 Å². The van der Waals surface area contributed by atoms with Crippen LogP contribution in [0, 0.1) is 9.39 Å². The average molecular weight is 306 g/mol. The predicted octanol–water partition coefficient (Wildman–Crippen LogP) is 3.19. The molecule has 3 heteroatoms. The molecule has 2 rings (SSSR count). The van der Waals surface area contributed by atoms with Gasteiger partial charge in [-0.05, 0) is 53.6 Å². The Morgan fingerprint density at radius 2 is 1.93 bits per heavy atom. The molecule has 1 aromatic carbocycles. The van der Waals surface area contributed by atoms with Crippen LogP contribution < -0.4 is 0 Å². The molecule has 0 unspecified atom stereocenters. The monoisotopic (exact) mass is 306 g/mol. The highest BCUT2D eigenvalue weighted by Crippen LogP contribution is 2.39. The van der Waals surface area contributed by atoms with Gasteiger partial charge >= 0.3 is 0 Å². The molecular weight excluding hydrogens is 294 g/mol. The third kappa shape index (κ3) is 1.80. The number of hydrogen-bond acceptors (Lipinski definition) is 1. The van der Waals surface area contributed by atoms with Gasteiger partial charge in [0.05, 0.1) is 5.60 Å². The molecule has 1 saturated carbocycles. The summed E-state index contributed by atoms with van der Waals surface area (Å²) in [6.07, 6.45) is 3.34. The lowest BCUT2D eigenvalue weighted by Crippen LogP contribution is -2.22. The fourth-order valence-electron chi connectivity index (χ4n) is 2.08. The van der Waals surface area contributed by atoms with Crippen molar-refractivity contribution in [3.63, 3.8) is 0 Å². The third-order valence-corrected chi connectivity index (χ3v) is 3.53. The van der Waals surface area contributed by atoms with Crippen molar-refractivity contribution < 1.29 is 9.50 Å². The SMILES string of the molecule is OC1(c2cc(I)ccc2F)CCCC1. The molecule has 0 spiro atoms. The molecule has 0 bridgehead atoms. The molecule has 1 aliphatic rings. The Labute approximate surface area is 96.5 Å². The Balaban J connectivity index is 2.44. The first-order valence-electron chi connectivity index (χ1n) is 4.80. The van der Waals surface area contributed by atoms with Crippen molar-refractivity contribution in [1.82, 2.24) is 0 Å². The van der Waals surface area contributed by atoms with Crippen LogP contribution >= 0.6 is 22.6 Å². The maximum absolute atomic E-state index is 13.5. The van der Waals surface area contributed by atoms with Crippen LogP contribution in [-0.2, 0) is 5.60 Å². The van der Waals surface area contributed by atoms with E-state index in [0.29, 0.717) is 18.4 Å². The lowest BCUT2D eigenvalue weighted by molar-refractivity contribution is 0.0407. The Hall–Kier alpha value is -0.160. The second-order valence-corrected chi connectivity index (χ2v) is 5.11. The first-order valence-corrected chi connectivity index (χ1v) is 5.88. The number of hydrogen-bond donors (Lipinski definition) is 1. The van der Waals surface area contributed by atoms with Crippen LogP contribution in [0.1, 0.15) is 31.2 Å². The number of benzene rings is 1. The summed E-state index contributed by atoms with van der Waals surface area (Å²) >= 11 is 2.14. The minimum Gasteiger partial charge on any atom is -0.385 e. The van der Waals surface area contributed by atoms with Crippen LogP contribution in [0.3, 0.4) is 0 Å². The smallest absolute Gasteiger partial charge is 0.129 e. The highest BCUT2D eigenvalue weighted by Gasteiger charge is 2.35. The zero-order valence-electron chi connectivity index (χ0n) is 7.76. The van der Waals surface area contributed by atoms with E-state index in [4.69, 9.17) is 0 Å². The van der Waals surface area contributed by atoms with Crippen LogP contribution in [0.5, 0.6) is 0 Å². The lowest BCUT2D eigenvalue weighted by Gasteiger charge is -2.23. The molecule has 0 saturated heterocycles. The molecule has 0 heterocycles. The second kappa shape index (κ2) is 3.77. The van der Waals surface area contributed by atoms with Crippen LogP contribution in [0.25, 0.3) is 0 Å². The van der Waals surface area contributed by atoms with Gasteiger partial charge in [0, 0.05) is 9.13 Å². The van der Waals surface area contributed by atoms with Crippen molar-refractivity contribution in [2.24, 2.45) is 0 Å². The Morgan fingerprint density at radius 1 is 1.29 bits per heavy atom. The van der Waals surface area contributed by atoms with Gasteiger partial charge in [-0.15, -0.1) is 0 Å². The molecule has 1 aliphatic carbocycles. The minimum absolute atomic E-state index is 0.283. The van der Waals surface area contributed by atoms with Crippen molar-refractivity contribution >= 4 is 22.6 Å². The van der Waals surface area contributed by atoms with Gasteiger partial charge in [0.25, 0.3) is 0 Å². The van der Waals surface area contributed by atoms with Crippen molar-refractivity contribution in [2.75, 3.05) is 0 Å². The van der Waals surface area contributed by atoms with E-state index in [9.17, 15) is 9.50 Å². The zero-order chi connectivity index (χ0) is 10.2. The van der Waals surface area contributed by atoms with Gasteiger partial charge < -0.3 is 5.11 Å². The Bertz CT molecular complexity index is 345. The molecule has 1 fully saturated rings. The predicted molar refractivity (Wildman–Crippen MR) is 61.5 cm³/mol. The van der Waals surface area contributed by atoms with Crippen LogP contribution in [0.4, 0.5) is 4.39 Å². The van der Waals surface area contributed by atoms with Crippen molar-refractivity contribution in [2.45, 2.75) is 31.3 Å². The number of rotatable bonds is 1. The van der Waals surface area contributed by atoms with E-state index in [1.807, 2.05) is 0 Å². The van der Waals surface area contributed by atoms with E-state index in [0.717, 1.165) is 16.4 Å². The van der Waals surface area contributed by atoms with Gasteiger partial charge in [-0.1, -0.05) is 12.8 Å². The highest BCUT2D eigenvalue weighted by atomic mass is 127. The third-order valence-electron chi connectivity index (χ3n) is 2.86. The summed E-state index contributed by atoms with van der Waals surface area (Å²) in [5.41, 5.74) is -0.437. The molecular formula is C11H12FIO. The lowest BCUT2D eigenvalue weighted by atomic mass is 9.92. The molecule has 1 N–H and O–H groups in total. The van der Waals surface area contributed by atoms with Crippen molar-refractivity contribution in [1.29, 1.82) is 0 Å². The van der Waals surface area contributed by atoms with E-state index >= 15 is 0 Å². The highest BCUT2D eigenvalue weighted by molar-refractivity contribution is 14.1. The normalized spacial score (nSPS) is 19.9. The molecule has 1 aromatic rings. The molecule has 0 radical (unpaired) electrons. The van der Waals surface area contributed by atoms with E-state index in [-0.39, 0.29) is 5.82 Å². The Kier molecular flexibility index (Phi) is 2.79. The molecule has 0 aromatic heterocycles. The summed E-state index contributed by atoms with van der Waals surface area (Å²) in [6, 6.07) is 4.91. The first-order chi connectivity index (χ1) is 6.62. The molecule has 0 atom stereocenters. The van der Waals surface area contributed by atoms with Gasteiger partial charge in [-0.3, -0.25) is 0 Å². The summed E-state index contributed by atoms with van der Waals surface area (Å²) in [7, 11) is 0. The summed E-state index contributed by atoms with van der Waals surface area (Å²) in [4.78, 5) is 0. The topological polar surface area (TPSA) is 20.2 Å². The maximum Gasteiger partial charge on any atom is 0.129 e. The maximum atomic E-state index is 13.5. The van der Waals surface area contributed by atoms with Crippen molar-refractivity contribution in [3.8, 4) is 0 Å². The van der Waals surface area contributed by atoms with E-state index in [2.05, 4.69) is 22.6 Å². The van der Waals surface area contributed by atoms with Gasteiger partial charge in [-0.25, -0.2) is 4.39 Å². The quantitative estimate of drug-likeness (QED) is 0.790.